The summed E-state index contributed by atoms with van der Waals surface area (Å²) in [7, 11) is 0. The van der Waals surface area contributed by atoms with Gasteiger partial charge in [-0.15, -0.1) is 0 Å². The van der Waals surface area contributed by atoms with Gasteiger partial charge in [-0.25, -0.2) is 0 Å². The maximum Gasteiger partial charge on any atom is 0.295 e. The summed E-state index contributed by atoms with van der Waals surface area (Å²) in [5, 5.41) is 11.2. The van der Waals surface area contributed by atoms with Crippen LogP contribution in [0.3, 0.4) is 0 Å². The van der Waals surface area contributed by atoms with E-state index in [4.69, 9.17) is 4.74 Å². The lowest BCUT2D eigenvalue weighted by Gasteiger charge is -2.25. The minimum Gasteiger partial charge on any atom is -0.507 e. The largest absolute Gasteiger partial charge is 0.507 e. The van der Waals surface area contributed by atoms with Gasteiger partial charge < -0.3 is 14.7 Å². The molecule has 0 spiro atoms. The zero-order chi connectivity index (χ0) is 21.3. The van der Waals surface area contributed by atoms with Crippen molar-refractivity contribution in [2.75, 3.05) is 13.2 Å². The van der Waals surface area contributed by atoms with Gasteiger partial charge >= 0.3 is 0 Å². The number of ketones is 1. The fourth-order valence-corrected chi connectivity index (χ4v) is 4.29. The fourth-order valence-electron chi connectivity index (χ4n) is 4.29. The Morgan fingerprint density at radius 3 is 2.80 bits per heavy atom. The lowest BCUT2D eigenvalue weighted by atomic mass is 9.93. The Balaban J connectivity index is 1.84. The quantitative estimate of drug-likeness (QED) is 0.450. The topological polar surface area (TPSA) is 66.8 Å². The summed E-state index contributed by atoms with van der Waals surface area (Å²) in [5.74, 6) is -0.467. The van der Waals surface area contributed by atoms with Gasteiger partial charge in [0.25, 0.3) is 11.7 Å². The van der Waals surface area contributed by atoms with Gasteiger partial charge in [0.2, 0.25) is 0 Å². The average molecular weight is 405 g/mol. The van der Waals surface area contributed by atoms with Gasteiger partial charge in [-0.2, -0.15) is 0 Å². The molecule has 1 unspecified atom stereocenters. The van der Waals surface area contributed by atoms with Crippen molar-refractivity contribution in [3.63, 3.8) is 0 Å². The molecule has 1 N–H and O–H groups in total. The van der Waals surface area contributed by atoms with Crippen LogP contribution in [0.1, 0.15) is 54.5 Å². The normalized spacial score (nSPS) is 20.2. The summed E-state index contributed by atoms with van der Waals surface area (Å²) in [4.78, 5) is 27.5. The van der Waals surface area contributed by atoms with Crippen molar-refractivity contribution in [1.29, 1.82) is 0 Å². The predicted octanol–water partition coefficient (Wildman–Crippen LogP) is 4.54. The first-order chi connectivity index (χ1) is 14.5. The Morgan fingerprint density at radius 1 is 1.20 bits per heavy atom. The second-order valence-corrected chi connectivity index (χ2v) is 8.03. The van der Waals surface area contributed by atoms with Gasteiger partial charge in [0.05, 0.1) is 18.2 Å². The number of unbranched alkanes of at least 4 members (excludes halogenated alkanes) is 1. The van der Waals surface area contributed by atoms with Crippen molar-refractivity contribution >= 4 is 17.4 Å². The van der Waals surface area contributed by atoms with Crippen molar-refractivity contribution in [3.8, 4) is 5.75 Å². The van der Waals surface area contributed by atoms with Gasteiger partial charge in [-0.05, 0) is 55.5 Å². The molecule has 0 radical (unpaired) electrons. The zero-order valence-electron chi connectivity index (χ0n) is 17.5. The first-order valence-corrected chi connectivity index (χ1v) is 10.6. The van der Waals surface area contributed by atoms with Gasteiger partial charge in [-0.1, -0.05) is 43.2 Å². The van der Waals surface area contributed by atoms with E-state index in [1.54, 1.807) is 11.0 Å². The fraction of sp³-hybridized carbons (Fsp3) is 0.360. The lowest BCUT2D eigenvalue weighted by molar-refractivity contribution is -0.139. The zero-order valence-corrected chi connectivity index (χ0v) is 17.5. The van der Waals surface area contributed by atoms with E-state index in [2.05, 4.69) is 0 Å². The number of aliphatic hydroxyl groups excluding tert-OH is 1. The summed E-state index contributed by atoms with van der Waals surface area (Å²) in [6, 6.07) is 12.7. The number of nitrogens with zero attached hydrogens (tertiary/aromatic N) is 1. The van der Waals surface area contributed by atoms with Crippen LogP contribution in [0.5, 0.6) is 5.75 Å². The molecule has 2 aliphatic heterocycles. The number of fused-ring (bicyclic) bond motifs is 1. The number of likely N-dealkylation sites (tertiary alicyclic amines) is 1. The Kier molecular flexibility index (Phi) is 5.62. The average Bonchev–Trinajstić information content (AvgIpc) is 3.01. The van der Waals surface area contributed by atoms with Gasteiger partial charge in [0.1, 0.15) is 11.5 Å². The van der Waals surface area contributed by atoms with E-state index < -0.39 is 17.7 Å². The second kappa shape index (κ2) is 8.34. The number of Topliss-reactive ketones (excluding diaryl/α,β-unsaturated/α-hetero) is 1. The number of aryl methyl sites for hydroxylation is 2. The Bertz CT molecular complexity index is 1020. The molecular formula is C25H27NO4. The molecular weight excluding hydrogens is 378 g/mol. The third-order valence-corrected chi connectivity index (χ3v) is 5.83. The first-order valence-electron chi connectivity index (χ1n) is 10.6. The highest BCUT2D eigenvalue weighted by molar-refractivity contribution is 6.46. The summed E-state index contributed by atoms with van der Waals surface area (Å²) in [6.07, 6.45) is 3.49. The Morgan fingerprint density at radius 2 is 2.03 bits per heavy atom. The van der Waals surface area contributed by atoms with Crippen molar-refractivity contribution in [1.82, 2.24) is 4.90 Å². The molecule has 2 aromatic rings. The molecule has 30 heavy (non-hydrogen) atoms. The number of amides is 1. The van der Waals surface area contributed by atoms with E-state index in [0.29, 0.717) is 18.7 Å². The molecule has 0 bridgehead atoms. The molecule has 0 aromatic heterocycles. The monoisotopic (exact) mass is 405 g/mol. The highest BCUT2D eigenvalue weighted by Gasteiger charge is 2.45. The first kappa shape index (κ1) is 20.2. The van der Waals surface area contributed by atoms with Crippen LogP contribution < -0.4 is 4.74 Å². The number of hydrogen-bond acceptors (Lipinski definition) is 4. The van der Waals surface area contributed by atoms with Gasteiger partial charge in [0.15, 0.2) is 0 Å². The van der Waals surface area contributed by atoms with Crippen molar-refractivity contribution in [2.24, 2.45) is 0 Å². The number of benzene rings is 2. The Labute approximate surface area is 177 Å². The molecule has 1 amide bonds. The molecule has 0 aliphatic carbocycles. The highest BCUT2D eigenvalue weighted by atomic mass is 16.5. The number of aliphatic hydroxyl groups is 1. The Hall–Kier alpha value is -3.08. The molecule has 2 aromatic carbocycles. The smallest absolute Gasteiger partial charge is 0.295 e. The van der Waals surface area contributed by atoms with Crippen LogP contribution in [0.25, 0.3) is 5.76 Å². The third kappa shape index (κ3) is 3.60. The van der Waals surface area contributed by atoms with Crippen LogP contribution in [0.2, 0.25) is 0 Å². The van der Waals surface area contributed by atoms with E-state index in [1.807, 2.05) is 50.2 Å². The van der Waals surface area contributed by atoms with E-state index in [1.165, 1.54) is 0 Å². The van der Waals surface area contributed by atoms with Gasteiger partial charge in [-0.3, -0.25) is 9.59 Å². The van der Waals surface area contributed by atoms with Crippen LogP contribution in [0.4, 0.5) is 0 Å². The predicted molar refractivity (Wildman–Crippen MR) is 115 cm³/mol. The maximum atomic E-state index is 13.0. The number of rotatable bonds is 5. The molecule has 5 heteroatoms. The van der Waals surface area contributed by atoms with Crippen LogP contribution in [0.15, 0.2) is 48.0 Å². The van der Waals surface area contributed by atoms with Crippen LogP contribution >= 0.6 is 0 Å². The number of carbonyl (C=O) groups is 2. The molecule has 2 heterocycles. The van der Waals surface area contributed by atoms with Crippen LogP contribution in [-0.2, 0) is 16.0 Å². The number of hydrogen-bond donors (Lipinski definition) is 1. The van der Waals surface area contributed by atoms with Crippen molar-refractivity contribution in [3.05, 3.63) is 70.3 Å². The lowest BCUT2D eigenvalue weighted by Crippen LogP contribution is -2.30. The minimum atomic E-state index is -0.621. The summed E-state index contributed by atoms with van der Waals surface area (Å²) >= 11 is 0. The standard InChI is InChI=1S/C25H27NO4/c1-3-4-12-26-22(18-8-5-7-16(2)14-18)21(24(28)25(26)29)23(27)19-10-11-20-17(15-19)9-6-13-30-20/h5,7-8,10-11,14-15,22,27H,3-4,6,9,12-13H2,1-2H3/b23-21-. The summed E-state index contributed by atoms with van der Waals surface area (Å²) in [6.45, 7) is 5.20. The van der Waals surface area contributed by atoms with E-state index in [9.17, 15) is 14.7 Å². The summed E-state index contributed by atoms with van der Waals surface area (Å²) in [5.41, 5.74) is 3.61. The molecule has 1 atom stereocenters. The number of carbonyl (C=O) groups excluding carboxylic acids is 2. The SMILES string of the molecule is CCCCN1C(=O)C(=O)/C(=C(\O)c2ccc3c(c2)CCCO3)C1c1cccc(C)c1. The van der Waals surface area contributed by atoms with Crippen LogP contribution in [-0.4, -0.2) is 34.8 Å². The highest BCUT2D eigenvalue weighted by Crippen LogP contribution is 2.40. The molecule has 0 saturated carbocycles. The minimum absolute atomic E-state index is 0.118. The van der Waals surface area contributed by atoms with E-state index in [-0.39, 0.29) is 11.3 Å². The third-order valence-electron chi connectivity index (χ3n) is 5.83. The van der Waals surface area contributed by atoms with E-state index in [0.717, 1.165) is 48.1 Å². The summed E-state index contributed by atoms with van der Waals surface area (Å²) < 4.78 is 5.66. The van der Waals surface area contributed by atoms with Crippen molar-refractivity contribution < 1.29 is 19.4 Å². The van der Waals surface area contributed by atoms with Crippen LogP contribution in [0, 0.1) is 6.92 Å². The molecule has 1 saturated heterocycles. The number of ether oxygens (including phenoxy) is 1. The van der Waals surface area contributed by atoms with E-state index >= 15 is 0 Å². The van der Waals surface area contributed by atoms with Crippen molar-refractivity contribution in [2.45, 2.75) is 45.6 Å². The molecule has 2 aliphatic rings. The molecule has 156 valence electrons. The van der Waals surface area contributed by atoms with Gasteiger partial charge in [0, 0.05) is 12.1 Å². The molecule has 1 fully saturated rings. The molecule has 5 nitrogen and oxygen atoms in total. The molecule has 4 rings (SSSR count). The maximum absolute atomic E-state index is 13.0. The second-order valence-electron chi connectivity index (χ2n) is 8.03.